The number of nitrogens with zero attached hydrogens (tertiary/aromatic N) is 2. The van der Waals surface area contributed by atoms with E-state index in [1.54, 1.807) is 6.20 Å². The maximum Gasteiger partial charge on any atom is 0.186 e. The summed E-state index contributed by atoms with van der Waals surface area (Å²) in [6, 6.07) is 0.455. The molecule has 1 aromatic heterocycles. The molecule has 0 saturated heterocycles. The maximum atomic E-state index is 10.6. The summed E-state index contributed by atoms with van der Waals surface area (Å²) in [5.41, 5.74) is 0. The molecule has 0 bridgehead atoms. The number of carbonyl (C=O) groups excluding carboxylic acids is 1. The minimum atomic E-state index is 0.455. The summed E-state index contributed by atoms with van der Waals surface area (Å²) >= 11 is 1.49. The average molecular weight is 224 g/mol. The molecule has 1 fully saturated rings. The maximum absolute atomic E-state index is 10.6. The van der Waals surface area contributed by atoms with E-state index in [4.69, 9.17) is 0 Å². The van der Waals surface area contributed by atoms with E-state index < -0.39 is 0 Å². The van der Waals surface area contributed by atoms with Crippen LogP contribution in [0.25, 0.3) is 0 Å². The van der Waals surface area contributed by atoms with Crippen LogP contribution in [0.3, 0.4) is 0 Å². The average Bonchev–Trinajstić information content (AvgIpc) is 2.91. The van der Waals surface area contributed by atoms with Crippen LogP contribution in [-0.2, 0) is 0 Å². The first-order chi connectivity index (χ1) is 7.20. The molecule has 1 heterocycles. The highest BCUT2D eigenvalue weighted by atomic mass is 32.1. The first kappa shape index (κ1) is 10.6. The van der Waals surface area contributed by atoms with Crippen molar-refractivity contribution in [2.75, 3.05) is 11.4 Å². The van der Waals surface area contributed by atoms with Crippen molar-refractivity contribution < 1.29 is 4.79 Å². The summed E-state index contributed by atoms with van der Waals surface area (Å²) in [5.74, 6) is 0.844. The van der Waals surface area contributed by atoms with Gasteiger partial charge < -0.3 is 4.90 Å². The van der Waals surface area contributed by atoms with Crippen LogP contribution >= 0.6 is 11.3 Å². The molecule has 0 N–H and O–H groups in total. The van der Waals surface area contributed by atoms with Gasteiger partial charge >= 0.3 is 0 Å². The number of aldehydes is 1. The van der Waals surface area contributed by atoms with Crippen molar-refractivity contribution in [3.05, 3.63) is 11.1 Å². The van der Waals surface area contributed by atoms with Crippen molar-refractivity contribution in [2.45, 2.75) is 32.7 Å². The zero-order valence-electron chi connectivity index (χ0n) is 9.14. The van der Waals surface area contributed by atoms with Crippen molar-refractivity contribution >= 4 is 22.8 Å². The zero-order valence-corrected chi connectivity index (χ0v) is 9.96. The minimum absolute atomic E-state index is 0.455. The molecule has 0 aromatic carbocycles. The van der Waals surface area contributed by atoms with Crippen LogP contribution in [-0.4, -0.2) is 23.9 Å². The van der Waals surface area contributed by atoms with Crippen molar-refractivity contribution in [3.63, 3.8) is 0 Å². The van der Waals surface area contributed by atoms with Crippen LogP contribution in [0.4, 0.5) is 5.13 Å². The van der Waals surface area contributed by atoms with E-state index in [2.05, 4.69) is 23.7 Å². The molecular weight excluding hydrogens is 208 g/mol. The molecule has 2 rings (SSSR count). The summed E-state index contributed by atoms with van der Waals surface area (Å²) < 4.78 is 0. The third-order valence-corrected chi connectivity index (χ3v) is 3.61. The third-order valence-electron chi connectivity index (χ3n) is 2.65. The van der Waals surface area contributed by atoms with E-state index >= 15 is 0 Å². The van der Waals surface area contributed by atoms with E-state index in [0.717, 1.165) is 23.9 Å². The highest BCUT2D eigenvalue weighted by molar-refractivity contribution is 7.17. The highest BCUT2D eigenvalue weighted by Crippen LogP contribution is 2.33. The van der Waals surface area contributed by atoms with Gasteiger partial charge in [-0.3, -0.25) is 4.79 Å². The van der Waals surface area contributed by atoms with Crippen LogP contribution in [0.2, 0.25) is 0 Å². The molecule has 0 aliphatic heterocycles. The van der Waals surface area contributed by atoms with Crippen molar-refractivity contribution in [2.24, 2.45) is 5.92 Å². The third kappa shape index (κ3) is 2.56. The summed E-state index contributed by atoms with van der Waals surface area (Å²) in [7, 11) is 0. The Labute approximate surface area is 94.1 Å². The van der Waals surface area contributed by atoms with E-state index in [0.29, 0.717) is 10.9 Å². The number of rotatable bonds is 5. The summed E-state index contributed by atoms with van der Waals surface area (Å²) in [6.07, 6.45) is 5.22. The van der Waals surface area contributed by atoms with E-state index in [1.807, 2.05) is 0 Å². The molecule has 0 radical (unpaired) electrons. The van der Waals surface area contributed by atoms with Gasteiger partial charge in [0.05, 0.1) is 11.1 Å². The van der Waals surface area contributed by atoms with Crippen LogP contribution in [0.5, 0.6) is 0 Å². The molecule has 0 atom stereocenters. The van der Waals surface area contributed by atoms with Gasteiger partial charge in [0.1, 0.15) is 0 Å². The lowest BCUT2D eigenvalue weighted by atomic mass is 10.3. The molecule has 1 aromatic rings. The van der Waals surface area contributed by atoms with Crippen LogP contribution in [0.1, 0.15) is 36.4 Å². The van der Waals surface area contributed by atoms with Crippen LogP contribution in [0, 0.1) is 5.92 Å². The quantitative estimate of drug-likeness (QED) is 0.721. The Balaban J connectivity index is 2.11. The fraction of sp³-hybridized carbons (Fsp3) is 0.636. The molecule has 15 heavy (non-hydrogen) atoms. The SMILES string of the molecule is CC(C)N(CC1CC1)c1ncc(C=O)s1. The first-order valence-electron chi connectivity index (χ1n) is 5.38. The Morgan fingerprint density at radius 3 is 2.87 bits per heavy atom. The van der Waals surface area contributed by atoms with Crippen molar-refractivity contribution in [1.82, 2.24) is 4.98 Å². The fourth-order valence-electron chi connectivity index (χ4n) is 1.55. The smallest absolute Gasteiger partial charge is 0.186 e. The van der Waals surface area contributed by atoms with E-state index in [-0.39, 0.29) is 0 Å². The second-order valence-electron chi connectivity index (χ2n) is 4.35. The topological polar surface area (TPSA) is 33.2 Å². The second kappa shape index (κ2) is 4.31. The summed E-state index contributed by atoms with van der Waals surface area (Å²) in [5, 5.41) is 0.985. The van der Waals surface area contributed by atoms with Gasteiger partial charge in [-0.25, -0.2) is 4.98 Å². The molecule has 82 valence electrons. The number of aromatic nitrogens is 1. The Hall–Kier alpha value is -0.900. The summed E-state index contributed by atoms with van der Waals surface area (Å²) in [4.78, 5) is 17.9. The molecule has 0 spiro atoms. The number of anilines is 1. The predicted molar refractivity (Wildman–Crippen MR) is 62.7 cm³/mol. The Kier molecular flexibility index (Phi) is 3.05. The zero-order chi connectivity index (χ0) is 10.8. The van der Waals surface area contributed by atoms with Gasteiger partial charge in [0.15, 0.2) is 11.4 Å². The summed E-state index contributed by atoms with van der Waals surface area (Å²) in [6.45, 7) is 5.43. The molecule has 1 aliphatic carbocycles. The monoisotopic (exact) mass is 224 g/mol. The standard InChI is InChI=1S/C11H16N2OS/c1-8(2)13(6-9-3-4-9)11-12-5-10(7-14)15-11/h5,7-9H,3-4,6H2,1-2H3. The Bertz CT molecular complexity index is 344. The fourth-order valence-corrected chi connectivity index (χ4v) is 2.42. The number of carbonyl (C=O) groups is 1. The first-order valence-corrected chi connectivity index (χ1v) is 6.20. The molecule has 1 saturated carbocycles. The van der Waals surface area contributed by atoms with Gasteiger partial charge in [-0.15, -0.1) is 0 Å². The molecule has 0 amide bonds. The van der Waals surface area contributed by atoms with Crippen molar-refractivity contribution in [3.8, 4) is 0 Å². The Morgan fingerprint density at radius 1 is 1.67 bits per heavy atom. The lowest BCUT2D eigenvalue weighted by Gasteiger charge is -2.25. The van der Waals surface area contributed by atoms with Crippen LogP contribution < -0.4 is 4.90 Å². The highest BCUT2D eigenvalue weighted by Gasteiger charge is 2.26. The number of thiazole rings is 1. The lowest BCUT2D eigenvalue weighted by molar-refractivity contribution is 0.112. The molecular formula is C11H16N2OS. The minimum Gasteiger partial charge on any atom is -0.345 e. The molecule has 4 heteroatoms. The number of hydrogen-bond acceptors (Lipinski definition) is 4. The van der Waals surface area contributed by atoms with Gasteiger partial charge in [0.2, 0.25) is 0 Å². The molecule has 1 aliphatic rings. The molecule has 0 unspecified atom stereocenters. The van der Waals surface area contributed by atoms with Gasteiger partial charge in [-0.1, -0.05) is 11.3 Å². The largest absolute Gasteiger partial charge is 0.345 e. The second-order valence-corrected chi connectivity index (χ2v) is 5.39. The number of hydrogen-bond donors (Lipinski definition) is 0. The van der Waals surface area contributed by atoms with E-state index in [1.165, 1.54) is 24.2 Å². The predicted octanol–water partition coefficient (Wildman–Crippen LogP) is 2.58. The van der Waals surface area contributed by atoms with Gasteiger partial charge in [-0.2, -0.15) is 0 Å². The lowest BCUT2D eigenvalue weighted by Crippen LogP contribution is -2.32. The van der Waals surface area contributed by atoms with Gasteiger partial charge in [0, 0.05) is 12.6 Å². The van der Waals surface area contributed by atoms with Gasteiger partial charge in [0.25, 0.3) is 0 Å². The molecule has 3 nitrogen and oxygen atoms in total. The Morgan fingerprint density at radius 2 is 2.40 bits per heavy atom. The normalized spacial score (nSPS) is 15.7. The van der Waals surface area contributed by atoms with Gasteiger partial charge in [-0.05, 0) is 32.6 Å². The van der Waals surface area contributed by atoms with Crippen LogP contribution in [0.15, 0.2) is 6.20 Å². The van der Waals surface area contributed by atoms with Crippen molar-refractivity contribution in [1.29, 1.82) is 0 Å². The van der Waals surface area contributed by atoms with E-state index in [9.17, 15) is 4.79 Å².